The second-order valence-corrected chi connectivity index (χ2v) is 12.8. The van der Waals surface area contributed by atoms with Crippen LogP contribution in [0.3, 0.4) is 0 Å². The van der Waals surface area contributed by atoms with Gasteiger partial charge in [0.15, 0.2) is 27.8 Å². The van der Waals surface area contributed by atoms with Crippen LogP contribution in [0, 0.1) is 0 Å². The average Bonchev–Trinajstić information content (AvgIpc) is 3.44. The summed E-state index contributed by atoms with van der Waals surface area (Å²) in [5.41, 5.74) is 2.94. The van der Waals surface area contributed by atoms with Crippen molar-refractivity contribution in [3.8, 4) is 23.0 Å². The highest BCUT2D eigenvalue weighted by atomic mass is 35.5. The number of fused-ring (bicyclic) bond motifs is 1. The third-order valence-electron chi connectivity index (χ3n) is 7.98. The minimum atomic E-state index is -0.902. The molecule has 0 amide bonds. The van der Waals surface area contributed by atoms with Crippen molar-refractivity contribution >= 4 is 52.3 Å². The molecule has 2 heterocycles. The van der Waals surface area contributed by atoms with Crippen LogP contribution < -0.4 is 33.8 Å². The quantitative estimate of drug-likeness (QED) is 0.137. The fourth-order valence-electron chi connectivity index (χ4n) is 5.66. The van der Waals surface area contributed by atoms with Crippen LogP contribution in [0.1, 0.15) is 35.2 Å². The smallest absolute Gasteiger partial charge is 0.338 e. The van der Waals surface area contributed by atoms with Gasteiger partial charge >= 0.3 is 5.97 Å². The fraction of sp³-hybridized carbons (Fsp3) is 0.184. The first-order chi connectivity index (χ1) is 24.3. The van der Waals surface area contributed by atoms with Crippen molar-refractivity contribution in [1.29, 1.82) is 0 Å². The number of carbonyl (C=O) groups is 1. The number of hydrogen-bond donors (Lipinski definition) is 0. The lowest BCUT2D eigenvalue weighted by atomic mass is 9.93. The van der Waals surface area contributed by atoms with E-state index in [9.17, 15) is 9.59 Å². The molecular weight excluding hydrogens is 699 g/mol. The van der Waals surface area contributed by atoms with Crippen LogP contribution in [-0.2, 0) is 16.1 Å². The van der Waals surface area contributed by atoms with Gasteiger partial charge in [0.1, 0.15) is 6.61 Å². The second-order valence-electron chi connectivity index (χ2n) is 11.0. The van der Waals surface area contributed by atoms with Crippen LogP contribution in [0.5, 0.6) is 23.0 Å². The number of methoxy groups -OCH3 is 3. The molecule has 9 nitrogen and oxygen atoms in total. The summed E-state index contributed by atoms with van der Waals surface area (Å²) in [5, 5.41) is 0.858. The molecular formula is C38H32Cl2N2O7S. The van der Waals surface area contributed by atoms with E-state index in [1.165, 1.54) is 37.2 Å². The Bertz CT molecular complexity index is 2280. The summed E-state index contributed by atoms with van der Waals surface area (Å²) in [6.45, 7) is 2.04. The molecule has 6 rings (SSSR count). The molecule has 0 N–H and O–H groups in total. The van der Waals surface area contributed by atoms with Crippen molar-refractivity contribution < 1.29 is 28.5 Å². The van der Waals surface area contributed by atoms with E-state index in [2.05, 4.69) is 0 Å². The number of halogens is 2. The third kappa shape index (κ3) is 6.87. The SMILES string of the molecule is CCOC(=O)C1=C(c2ccccc2)N=c2s/c(=C\c3cc(Cl)c(OCc4ccccc4Cl)c(OC)c3)c(=O)n2[C@H]1c1ccc(OC)c(OC)c1. The lowest BCUT2D eigenvalue weighted by Gasteiger charge is -2.26. The highest BCUT2D eigenvalue weighted by Crippen LogP contribution is 2.39. The lowest BCUT2D eigenvalue weighted by Crippen LogP contribution is -2.40. The van der Waals surface area contributed by atoms with Gasteiger partial charge in [0.05, 0.1) is 54.8 Å². The van der Waals surface area contributed by atoms with Gasteiger partial charge in [-0.25, -0.2) is 9.79 Å². The van der Waals surface area contributed by atoms with Crippen LogP contribution in [0.15, 0.2) is 100 Å². The van der Waals surface area contributed by atoms with Crippen molar-refractivity contribution in [3.05, 3.63) is 142 Å². The standard InChI is InChI=1S/C38H32Cl2N2O7S/c1-5-48-37(44)32-33(23-11-7-6-8-12-23)41-38-42(34(32)24-15-16-28(45-2)29(20-24)46-3)36(43)31(50-38)19-22-17-27(40)35(30(18-22)47-4)49-21-25-13-9-10-14-26(25)39/h6-20,34H,5,21H2,1-4H3/b31-19-/t34-/m0/s1. The molecule has 50 heavy (non-hydrogen) atoms. The maximum Gasteiger partial charge on any atom is 0.338 e. The number of hydrogen-bond acceptors (Lipinski definition) is 9. The number of rotatable bonds is 11. The molecule has 0 spiro atoms. The van der Waals surface area contributed by atoms with Gasteiger partial charge in [-0.3, -0.25) is 9.36 Å². The maximum absolute atomic E-state index is 14.4. The van der Waals surface area contributed by atoms with Crippen LogP contribution in [0.4, 0.5) is 0 Å². The van der Waals surface area contributed by atoms with Crippen molar-refractivity contribution in [2.24, 2.45) is 4.99 Å². The van der Waals surface area contributed by atoms with E-state index < -0.39 is 12.0 Å². The molecule has 1 aromatic heterocycles. The van der Waals surface area contributed by atoms with Crippen molar-refractivity contribution in [3.63, 3.8) is 0 Å². The van der Waals surface area contributed by atoms with Crippen molar-refractivity contribution in [1.82, 2.24) is 4.57 Å². The van der Waals surface area contributed by atoms with E-state index in [1.807, 2.05) is 48.5 Å². The van der Waals surface area contributed by atoms with Gasteiger partial charge in [0, 0.05) is 16.1 Å². The number of nitrogens with zero attached hydrogens (tertiary/aromatic N) is 2. The Hall–Kier alpha value is -5.03. The normalized spacial score (nSPS) is 14.1. The molecule has 0 radical (unpaired) electrons. The highest BCUT2D eigenvalue weighted by Gasteiger charge is 2.35. The number of carbonyl (C=O) groups excluding carboxylic acids is 1. The largest absolute Gasteiger partial charge is 0.493 e. The number of ether oxygens (including phenoxy) is 5. The first-order valence-electron chi connectivity index (χ1n) is 15.5. The van der Waals surface area contributed by atoms with Crippen molar-refractivity contribution in [2.45, 2.75) is 19.6 Å². The monoisotopic (exact) mass is 730 g/mol. The van der Waals surface area contributed by atoms with E-state index in [4.69, 9.17) is 51.9 Å². The van der Waals surface area contributed by atoms with Gasteiger partial charge in [-0.1, -0.05) is 89.1 Å². The molecule has 12 heteroatoms. The Kier molecular flexibility index (Phi) is 10.6. The van der Waals surface area contributed by atoms with Gasteiger partial charge in [0.2, 0.25) is 0 Å². The summed E-state index contributed by atoms with van der Waals surface area (Å²) in [6.07, 6.45) is 1.71. The minimum absolute atomic E-state index is 0.133. The van der Waals surface area contributed by atoms with Crippen LogP contribution >= 0.6 is 34.5 Å². The van der Waals surface area contributed by atoms with Gasteiger partial charge in [-0.2, -0.15) is 0 Å². The average molecular weight is 732 g/mol. The Labute approximate surface area is 302 Å². The predicted molar refractivity (Wildman–Crippen MR) is 194 cm³/mol. The molecule has 1 aliphatic rings. The summed E-state index contributed by atoms with van der Waals surface area (Å²) in [5.74, 6) is 1.06. The van der Waals surface area contributed by atoms with E-state index in [0.717, 1.165) is 5.56 Å². The number of esters is 1. The predicted octanol–water partition coefficient (Wildman–Crippen LogP) is 6.85. The summed E-state index contributed by atoms with van der Waals surface area (Å²) >= 11 is 14.2. The first-order valence-corrected chi connectivity index (χ1v) is 17.1. The van der Waals surface area contributed by atoms with Gasteiger partial charge in [0.25, 0.3) is 5.56 Å². The van der Waals surface area contributed by atoms with E-state index in [-0.39, 0.29) is 29.4 Å². The zero-order valence-electron chi connectivity index (χ0n) is 27.6. The molecule has 1 aliphatic heterocycles. The summed E-state index contributed by atoms with van der Waals surface area (Å²) in [6, 6.07) is 24.5. The Morgan fingerprint density at radius 3 is 2.30 bits per heavy atom. The van der Waals surface area contributed by atoms with Crippen LogP contribution in [0.2, 0.25) is 10.0 Å². The van der Waals surface area contributed by atoms with Gasteiger partial charge in [-0.15, -0.1) is 0 Å². The minimum Gasteiger partial charge on any atom is -0.493 e. The highest BCUT2D eigenvalue weighted by molar-refractivity contribution is 7.07. The summed E-state index contributed by atoms with van der Waals surface area (Å²) < 4.78 is 30.2. The molecule has 0 fully saturated rings. The lowest BCUT2D eigenvalue weighted by molar-refractivity contribution is -0.138. The molecule has 0 bridgehead atoms. The zero-order valence-corrected chi connectivity index (χ0v) is 29.9. The summed E-state index contributed by atoms with van der Waals surface area (Å²) in [7, 11) is 4.57. The molecule has 0 unspecified atom stereocenters. The Morgan fingerprint density at radius 1 is 0.880 bits per heavy atom. The van der Waals surface area contributed by atoms with Gasteiger partial charge < -0.3 is 23.7 Å². The molecule has 5 aromatic rings. The fourth-order valence-corrected chi connectivity index (χ4v) is 7.12. The second kappa shape index (κ2) is 15.2. The number of aromatic nitrogens is 1. The van der Waals surface area contributed by atoms with E-state index in [0.29, 0.717) is 59.7 Å². The number of thiazole rings is 1. The topological polar surface area (TPSA) is 97.6 Å². The van der Waals surface area contributed by atoms with Crippen molar-refractivity contribution in [2.75, 3.05) is 27.9 Å². The molecule has 0 saturated carbocycles. The molecule has 1 atom stereocenters. The van der Waals surface area contributed by atoms with Crippen LogP contribution in [-0.4, -0.2) is 38.5 Å². The maximum atomic E-state index is 14.4. The van der Waals surface area contributed by atoms with Gasteiger partial charge in [-0.05, 0) is 54.5 Å². The molecule has 0 saturated heterocycles. The zero-order chi connectivity index (χ0) is 35.4. The number of benzene rings is 4. The summed E-state index contributed by atoms with van der Waals surface area (Å²) in [4.78, 5) is 33.5. The molecule has 4 aromatic carbocycles. The molecule has 256 valence electrons. The third-order valence-corrected chi connectivity index (χ3v) is 9.61. The van der Waals surface area contributed by atoms with E-state index >= 15 is 0 Å². The van der Waals surface area contributed by atoms with Crippen LogP contribution in [0.25, 0.3) is 11.8 Å². The first kappa shape index (κ1) is 34.8. The Morgan fingerprint density at radius 2 is 1.60 bits per heavy atom. The van der Waals surface area contributed by atoms with E-state index in [1.54, 1.807) is 49.4 Å². The molecule has 0 aliphatic carbocycles. The Balaban J connectivity index is 1.52.